The number of hydrogen-bond donors (Lipinski definition) is 0. The first-order chi connectivity index (χ1) is 6.77. The molecule has 0 aliphatic heterocycles. The number of rotatable bonds is 5. The fourth-order valence-corrected chi connectivity index (χ4v) is 0.839. The van der Waals surface area contributed by atoms with Crippen molar-refractivity contribution in [3.05, 3.63) is 12.2 Å². The van der Waals surface area contributed by atoms with Gasteiger partial charge in [0.05, 0.1) is 6.61 Å². The first kappa shape index (κ1) is 12.8. The number of hydrogen-bond acceptors (Lipinski definition) is 2. The molecule has 0 fully saturated rings. The summed E-state index contributed by atoms with van der Waals surface area (Å²) in [5, 5.41) is 0. The van der Waals surface area contributed by atoms with Crippen LogP contribution in [0.5, 0.6) is 0 Å². The van der Waals surface area contributed by atoms with Crippen molar-refractivity contribution in [3.8, 4) is 11.8 Å². The maximum Gasteiger partial charge on any atom is 0.302 e. The molecule has 0 radical (unpaired) electrons. The molecule has 0 rings (SSSR count). The van der Waals surface area contributed by atoms with Gasteiger partial charge in [-0.05, 0) is 25.3 Å². The molecule has 0 saturated carbocycles. The van der Waals surface area contributed by atoms with E-state index in [-0.39, 0.29) is 5.97 Å². The van der Waals surface area contributed by atoms with E-state index in [0.29, 0.717) is 6.61 Å². The van der Waals surface area contributed by atoms with E-state index in [4.69, 9.17) is 4.74 Å². The molecular weight excluding hydrogens is 176 g/mol. The highest BCUT2D eigenvalue weighted by atomic mass is 16.5. The van der Waals surface area contributed by atoms with Crippen LogP contribution < -0.4 is 0 Å². The summed E-state index contributed by atoms with van der Waals surface area (Å²) >= 11 is 0. The van der Waals surface area contributed by atoms with Crippen molar-refractivity contribution in [1.29, 1.82) is 0 Å². The van der Waals surface area contributed by atoms with Crippen molar-refractivity contribution in [2.45, 2.75) is 39.5 Å². The van der Waals surface area contributed by atoms with Crippen LogP contribution in [0.3, 0.4) is 0 Å². The van der Waals surface area contributed by atoms with Crippen LogP contribution in [0.2, 0.25) is 0 Å². The molecule has 0 aliphatic rings. The zero-order chi connectivity index (χ0) is 10.6. The van der Waals surface area contributed by atoms with Crippen molar-refractivity contribution in [2.24, 2.45) is 0 Å². The van der Waals surface area contributed by atoms with E-state index in [1.807, 2.05) is 12.2 Å². The van der Waals surface area contributed by atoms with Crippen molar-refractivity contribution in [3.63, 3.8) is 0 Å². The van der Waals surface area contributed by atoms with Gasteiger partial charge < -0.3 is 4.74 Å². The van der Waals surface area contributed by atoms with Crippen LogP contribution in [0.4, 0.5) is 0 Å². The van der Waals surface area contributed by atoms with Crippen LogP contribution in [0.25, 0.3) is 0 Å². The lowest BCUT2D eigenvalue weighted by Gasteiger charge is -1.98. The fourth-order valence-electron chi connectivity index (χ4n) is 0.839. The second-order valence-corrected chi connectivity index (χ2v) is 2.93. The van der Waals surface area contributed by atoms with Crippen molar-refractivity contribution < 1.29 is 9.53 Å². The van der Waals surface area contributed by atoms with Gasteiger partial charge in [0.2, 0.25) is 0 Å². The topological polar surface area (TPSA) is 26.3 Å². The van der Waals surface area contributed by atoms with Crippen molar-refractivity contribution >= 4 is 5.97 Å². The Balaban J connectivity index is 3.23. The van der Waals surface area contributed by atoms with Gasteiger partial charge in [-0.25, -0.2) is 0 Å². The molecule has 14 heavy (non-hydrogen) atoms. The summed E-state index contributed by atoms with van der Waals surface area (Å²) in [6.45, 7) is 4.02. The van der Waals surface area contributed by atoms with Gasteiger partial charge >= 0.3 is 5.97 Å². The van der Waals surface area contributed by atoms with E-state index in [1.165, 1.54) is 6.92 Å². The molecule has 0 aromatic carbocycles. The minimum Gasteiger partial charge on any atom is -0.466 e. The summed E-state index contributed by atoms with van der Waals surface area (Å²) in [5.41, 5.74) is 0. The highest BCUT2D eigenvalue weighted by Crippen LogP contribution is 1.94. The van der Waals surface area contributed by atoms with E-state index in [9.17, 15) is 4.79 Å². The normalized spacial score (nSPS) is 9.57. The average molecular weight is 194 g/mol. The fraction of sp³-hybridized carbons (Fsp3) is 0.583. The minimum atomic E-state index is -0.207. The predicted octanol–water partition coefficient (Wildman–Crippen LogP) is 2.69. The Labute approximate surface area is 86.3 Å². The molecule has 0 amide bonds. The highest BCUT2D eigenvalue weighted by Gasteiger charge is 1.90. The number of carbonyl (C=O) groups excluding carboxylic acids is 1. The van der Waals surface area contributed by atoms with Gasteiger partial charge in [-0.1, -0.05) is 24.8 Å². The number of allylic oxidation sites excluding steroid dienone is 2. The first-order valence-electron chi connectivity index (χ1n) is 5.04. The van der Waals surface area contributed by atoms with E-state index in [1.54, 1.807) is 0 Å². The largest absolute Gasteiger partial charge is 0.466 e. The van der Waals surface area contributed by atoms with Gasteiger partial charge in [0, 0.05) is 13.3 Å². The Morgan fingerprint density at radius 1 is 1.43 bits per heavy atom. The van der Waals surface area contributed by atoms with Crippen LogP contribution in [0, 0.1) is 11.8 Å². The smallest absolute Gasteiger partial charge is 0.302 e. The second-order valence-electron chi connectivity index (χ2n) is 2.93. The average Bonchev–Trinajstić information content (AvgIpc) is 2.15. The molecule has 0 bridgehead atoms. The highest BCUT2D eigenvalue weighted by molar-refractivity contribution is 5.65. The molecule has 2 nitrogen and oxygen atoms in total. The Morgan fingerprint density at radius 3 is 2.86 bits per heavy atom. The Bertz CT molecular complexity index is 230. The summed E-state index contributed by atoms with van der Waals surface area (Å²) in [5.74, 6) is 5.77. The molecule has 0 aliphatic carbocycles. The lowest BCUT2D eigenvalue weighted by molar-refractivity contribution is -0.141. The maximum absolute atomic E-state index is 10.4. The van der Waals surface area contributed by atoms with Crippen molar-refractivity contribution in [1.82, 2.24) is 0 Å². The third-order valence-electron chi connectivity index (χ3n) is 1.54. The lowest BCUT2D eigenvalue weighted by Crippen LogP contribution is -1.99. The number of unbranched alkanes of at least 4 members (excludes halogenated alkanes) is 2. The van der Waals surface area contributed by atoms with Gasteiger partial charge in [-0.3, -0.25) is 4.79 Å². The predicted molar refractivity (Wildman–Crippen MR) is 57.7 cm³/mol. The monoisotopic (exact) mass is 194 g/mol. The zero-order valence-corrected chi connectivity index (χ0v) is 9.01. The molecule has 0 spiro atoms. The summed E-state index contributed by atoms with van der Waals surface area (Å²) in [6.07, 6.45) is 7.69. The van der Waals surface area contributed by atoms with E-state index < -0.39 is 0 Å². The molecule has 2 heteroatoms. The van der Waals surface area contributed by atoms with Gasteiger partial charge in [-0.2, -0.15) is 0 Å². The van der Waals surface area contributed by atoms with E-state index in [2.05, 4.69) is 18.8 Å². The van der Waals surface area contributed by atoms with Crippen molar-refractivity contribution in [2.75, 3.05) is 6.61 Å². The second kappa shape index (κ2) is 9.85. The molecular formula is C12H18O2. The maximum atomic E-state index is 10.4. The van der Waals surface area contributed by atoms with E-state index in [0.717, 1.165) is 25.7 Å². The summed E-state index contributed by atoms with van der Waals surface area (Å²) in [7, 11) is 0. The zero-order valence-electron chi connectivity index (χ0n) is 9.01. The summed E-state index contributed by atoms with van der Waals surface area (Å²) < 4.78 is 4.79. The molecule has 0 atom stereocenters. The Kier molecular flexibility index (Phi) is 8.99. The van der Waals surface area contributed by atoms with Gasteiger partial charge in [0.15, 0.2) is 0 Å². The van der Waals surface area contributed by atoms with E-state index >= 15 is 0 Å². The molecule has 0 aromatic heterocycles. The molecule has 0 saturated heterocycles. The Morgan fingerprint density at radius 2 is 2.21 bits per heavy atom. The van der Waals surface area contributed by atoms with Crippen LogP contribution >= 0.6 is 0 Å². The third kappa shape index (κ3) is 10.8. The number of ether oxygens (including phenoxy) is 1. The van der Waals surface area contributed by atoms with Gasteiger partial charge in [0.25, 0.3) is 0 Å². The van der Waals surface area contributed by atoms with Crippen LogP contribution in [-0.2, 0) is 9.53 Å². The molecule has 0 N–H and O–H groups in total. The molecule has 0 aromatic rings. The Hall–Kier alpha value is -1.23. The number of carbonyl (C=O) groups is 1. The molecule has 78 valence electrons. The first-order valence-corrected chi connectivity index (χ1v) is 5.04. The standard InChI is InChI=1S/C12H18O2/c1-3-4-5-6-7-8-9-10-11-14-12(2)13/h4-5H,3,8-11H2,1-2H3. The van der Waals surface area contributed by atoms with Crippen LogP contribution in [-0.4, -0.2) is 12.6 Å². The quantitative estimate of drug-likeness (QED) is 0.382. The molecule has 0 unspecified atom stereocenters. The van der Waals surface area contributed by atoms with Gasteiger partial charge in [0.1, 0.15) is 0 Å². The number of esters is 1. The minimum absolute atomic E-state index is 0.207. The third-order valence-corrected chi connectivity index (χ3v) is 1.54. The summed E-state index contributed by atoms with van der Waals surface area (Å²) in [4.78, 5) is 10.4. The van der Waals surface area contributed by atoms with Gasteiger partial charge in [-0.15, -0.1) is 0 Å². The van der Waals surface area contributed by atoms with Crippen LogP contribution in [0.1, 0.15) is 39.5 Å². The summed E-state index contributed by atoms with van der Waals surface area (Å²) in [6, 6.07) is 0. The molecule has 0 heterocycles. The van der Waals surface area contributed by atoms with Crippen LogP contribution in [0.15, 0.2) is 12.2 Å². The SMILES string of the molecule is CCC=CC#CCCCCOC(C)=O. The lowest BCUT2D eigenvalue weighted by atomic mass is 10.2.